The van der Waals surface area contributed by atoms with E-state index in [0.717, 1.165) is 12.1 Å². The number of hydrogen-bond acceptors (Lipinski definition) is 2. The average Bonchev–Trinajstić information content (AvgIpc) is 2.65. The number of likely N-dealkylation sites (tertiary alicyclic amines) is 1. The van der Waals surface area contributed by atoms with Crippen LogP contribution < -0.4 is 0 Å². The highest BCUT2D eigenvalue weighted by Crippen LogP contribution is 2.33. The van der Waals surface area contributed by atoms with Crippen molar-refractivity contribution < 1.29 is 22.7 Å². The van der Waals surface area contributed by atoms with Crippen LogP contribution in [0.5, 0.6) is 0 Å². The molecule has 0 radical (unpaired) electrons. The summed E-state index contributed by atoms with van der Waals surface area (Å²) in [5, 5.41) is 9.33. The standard InChI is InChI=1S/C12H13F4NO/c13-9-2-1-8(11(5-9)12(14,15)16)6-17-4-3-10(18)7-17/h1-2,5,10,18H,3-4,6-7H2/t10-/m0/s1. The number of alkyl halides is 3. The summed E-state index contributed by atoms with van der Waals surface area (Å²) in [5.41, 5.74) is -0.901. The number of benzene rings is 1. The van der Waals surface area contributed by atoms with E-state index in [9.17, 15) is 22.7 Å². The van der Waals surface area contributed by atoms with Crippen molar-refractivity contribution in [3.05, 3.63) is 35.1 Å². The fourth-order valence-electron chi connectivity index (χ4n) is 2.15. The SMILES string of the molecule is O[C@H]1CCN(Cc2ccc(F)cc2C(F)(F)F)C1. The maximum Gasteiger partial charge on any atom is 0.416 e. The molecule has 1 heterocycles. The second-order valence-corrected chi connectivity index (χ2v) is 4.48. The van der Waals surface area contributed by atoms with Crippen molar-refractivity contribution in [2.45, 2.75) is 25.2 Å². The Hall–Kier alpha value is -1.14. The first-order valence-corrected chi connectivity index (χ1v) is 5.62. The topological polar surface area (TPSA) is 23.5 Å². The van der Waals surface area contributed by atoms with Crippen molar-refractivity contribution in [1.82, 2.24) is 4.90 Å². The molecule has 0 bridgehead atoms. The van der Waals surface area contributed by atoms with E-state index in [2.05, 4.69) is 0 Å². The first-order valence-electron chi connectivity index (χ1n) is 5.62. The van der Waals surface area contributed by atoms with E-state index >= 15 is 0 Å². The lowest BCUT2D eigenvalue weighted by Gasteiger charge is -2.19. The summed E-state index contributed by atoms with van der Waals surface area (Å²) in [4.78, 5) is 1.73. The summed E-state index contributed by atoms with van der Waals surface area (Å²) < 4.78 is 51.1. The Kier molecular flexibility index (Phi) is 3.59. The number of β-amino-alcohol motifs (C(OH)–C–C–N with tert-alkyl or cyclic N) is 1. The van der Waals surface area contributed by atoms with Gasteiger partial charge in [0.1, 0.15) is 5.82 Å². The maximum atomic E-state index is 12.9. The zero-order valence-corrected chi connectivity index (χ0v) is 9.54. The van der Waals surface area contributed by atoms with E-state index in [1.54, 1.807) is 4.90 Å². The zero-order valence-electron chi connectivity index (χ0n) is 9.54. The van der Waals surface area contributed by atoms with Gasteiger partial charge in [-0.3, -0.25) is 4.90 Å². The normalized spacial score (nSPS) is 21.5. The van der Waals surface area contributed by atoms with Crippen LogP contribution in [0.1, 0.15) is 17.5 Å². The molecule has 1 atom stereocenters. The van der Waals surface area contributed by atoms with Gasteiger partial charge in [0.05, 0.1) is 11.7 Å². The van der Waals surface area contributed by atoms with Crippen molar-refractivity contribution in [2.75, 3.05) is 13.1 Å². The molecule has 0 aliphatic carbocycles. The molecule has 1 N–H and O–H groups in total. The summed E-state index contributed by atoms with van der Waals surface area (Å²) in [6.07, 6.45) is -4.49. The van der Waals surface area contributed by atoms with Crippen LogP contribution in [0.3, 0.4) is 0 Å². The minimum atomic E-state index is -4.56. The van der Waals surface area contributed by atoms with Crippen LogP contribution in [0.25, 0.3) is 0 Å². The maximum absolute atomic E-state index is 12.9. The molecular weight excluding hydrogens is 250 g/mol. The minimum absolute atomic E-state index is 0.0398. The van der Waals surface area contributed by atoms with E-state index < -0.39 is 23.7 Å². The predicted octanol–water partition coefficient (Wildman–Crippen LogP) is 2.41. The van der Waals surface area contributed by atoms with Gasteiger partial charge in [0.2, 0.25) is 0 Å². The van der Waals surface area contributed by atoms with Gasteiger partial charge >= 0.3 is 6.18 Å². The number of nitrogens with zero attached hydrogens (tertiary/aromatic N) is 1. The van der Waals surface area contributed by atoms with E-state index in [1.165, 1.54) is 0 Å². The number of hydrogen-bond donors (Lipinski definition) is 1. The third kappa shape index (κ3) is 3.00. The molecule has 1 fully saturated rings. The smallest absolute Gasteiger partial charge is 0.392 e. The summed E-state index contributed by atoms with van der Waals surface area (Å²) in [6, 6.07) is 2.70. The van der Waals surface area contributed by atoms with Gasteiger partial charge in [0, 0.05) is 19.6 Å². The van der Waals surface area contributed by atoms with Gasteiger partial charge in [-0.15, -0.1) is 0 Å². The average molecular weight is 263 g/mol. The molecule has 1 aliphatic heterocycles. The van der Waals surface area contributed by atoms with Crippen LogP contribution in [0.2, 0.25) is 0 Å². The highest BCUT2D eigenvalue weighted by molar-refractivity contribution is 5.30. The van der Waals surface area contributed by atoms with Gasteiger partial charge in [0.15, 0.2) is 0 Å². The number of rotatable bonds is 2. The molecule has 1 aromatic rings. The molecular formula is C12H13F4NO. The van der Waals surface area contributed by atoms with Crippen LogP contribution in [0.15, 0.2) is 18.2 Å². The van der Waals surface area contributed by atoms with E-state index in [1.807, 2.05) is 0 Å². The lowest BCUT2D eigenvalue weighted by Crippen LogP contribution is -2.23. The molecule has 6 heteroatoms. The highest BCUT2D eigenvalue weighted by atomic mass is 19.4. The summed E-state index contributed by atoms with van der Waals surface area (Å²) in [6.45, 7) is 0.983. The lowest BCUT2D eigenvalue weighted by molar-refractivity contribution is -0.138. The molecule has 0 spiro atoms. The minimum Gasteiger partial charge on any atom is -0.392 e. The van der Waals surface area contributed by atoms with Gasteiger partial charge in [-0.25, -0.2) is 4.39 Å². The Bertz CT molecular complexity index is 433. The van der Waals surface area contributed by atoms with Crippen molar-refractivity contribution >= 4 is 0 Å². The summed E-state index contributed by atoms with van der Waals surface area (Å²) in [7, 11) is 0. The fraction of sp³-hybridized carbons (Fsp3) is 0.500. The molecule has 1 aliphatic rings. The molecule has 18 heavy (non-hydrogen) atoms. The third-order valence-electron chi connectivity index (χ3n) is 3.02. The van der Waals surface area contributed by atoms with Gasteiger partial charge < -0.3 is 5.11 Å². The second-order valence-electron chi connectivity index (χ2n) is 4.48. The summed E-state index contributed by atoms with van der Waals surface area (Å²) >= 11 is 0. The Labute approximate surface area is 102 Å². The Morgan fingerprint density at radius 2 is 2.06 bits per heavy atom. The van der Waals surface area contributed by atoms with Crippen LogP contribution in [-0.2, 0) is 12.7 Å². The number of aliphatic hydroxyl groups is 1. The fourth-order valence-corrected chi connectivity index (χ4v) is 2.15. The van der Waals surface area contributed by atoms with Gasteiger partial charge in [0.25, 0.3) is 0 Å². The van der Waals surface area contributed by atoms with Crippen molar-refractivity contribution in [3.63, 3.8) is 0 Å². The molecule has 2 nitrogen and oxygen atoms in total. The third-order valence-corrected chi connectivity index (χ3v) is 3.02. The van der Waals surface area contributed by atoms with Crippen molar-refractivity contribution in [1.29, 1.82) is 0 Å². The van der Waals surface area contributed by atoms with Crippen LogP contribution >= 0.6 is 0 Å². The molecule has 100 valence electrons. The second kappa shape index (κ2) is 4.85. The van der Waals surface area contributed by atoms with Crippen molar-refractivity contribution in [3.8, 4) is 0 Å². The van der Waals surface area contributed by atoms with Gasteiger partial charge in [-0.05, 0) is 24.1 Å². The Morgan fingerprint density at radius 1 is 1.33 bits per heavy atom. The van der Waals surface area contributed by atoms with E-state index in [-0.39, 0.29) is 12.1 Å². The quantitative estimate of drug-likeness (QED) is 0.828. The molecule has 1 aromatic carbocycles. The first-order chi connectivity index (χ1) is 8.36. The highest BCUT2D eigenvalue weighted by Gasteiger charge is 2.34. The molecule has 1 saturated heterocycles. The Balaban J connectivity index is 2.22. The molecule has 0 amide bonds. The van der Waals surface area contributed by atoms with Gasteiger partial charge in [-0.1, -0.05) is 6.07 Å². The monoisotopic (exact) mass is 263 g/mol. The van der Waals surface area contributed by atoms with Crippen molar-refractivity contribution in [2.24, 2.45) is 0 Å². The van der Waals surface area contributed by atoms with Crippen LogP contribution in [-0.4, -0.2) is 29.2 Å². The number of halogens is 4. The van der Waals surface area contributed by atoms with E-state index in [0.29, 0.717) is 25.6 Å². The Morgan fingerprint density at radius 3 is 2.61 bits per heavy atom. The molecule has 0 saturated carbocycles. The first kappa shape index (κ1) is 13.3. The molecule has 0 unspecified atom stereocenters. The van der Waals surface area contributed by atoms with E-state index in [4.69, 9.17) is 0 Å². The summed E-state index contributed by atoms with van der Waals surface area (Å²) in [5.74, 6) is -0.896. The van der Waals surface area contributed by atoms with Crippen LogP contribution in [0.4, 0.5) is 17.6 Å². The molecule has 0 aromatic heterocycles. The van der Waals surface area contributed by atoms with Crippen LogP contribution in [0, 0.1) is 5.82 Å². The molecule has 2 rings (SSSR count). The lowest BCUT2D eigenvalue weighted by atomic mass is 10.1. The largest absolute Gasteiger partial charge is 0.416 e. The number of aliphatic hydroxyl groups excluding tert-OH is 1. The van der Waals surface area contributed by atoms with Gasteiger partial charge in [-0.2, -0.15) is 13.2 Å². The zero-order chi connectivity index (χ0) is 13.3. The predicted molar refractivity (Wildman–Crippen MR) is 57.3 cm³/mol.